The Kier molecular flexibility index (Phi) is 4.18. The van der Waals surface area contributed by atoms with Crippen molar-refractivity contribution in [2.75, 3.05) is 5.32 Å². The summed E-state index contributed by atoms with van der Waals surface area (Å²) in [4.78, 5) is 20.4. The van der Waals surface area contributed by atoms with Crippen LogP contribution in [0.2, 0.25) is 0 Å². The van der Waals surface area contributed by atoms with E-state index in [2.05, 4.69) is 15.3 Å². The van der Waals surface area contributed by atoms with E-state index < -0.39 is 23.0 Å². The van der Waals surface area contributed by atoms with Crippen molar-refractivity contribution < 1.29 is 22.7 Å². The van der Waals surface area contributed by atoms with Crippen LogP contribution in [0.25, 0.3) is 0 Å². The number of aryl methyl sites for hydroxylation is 2. The predicted octanol–water partition coefficient (Wildman–Crippen LogP) is 3.66. The van der Waals surface area contributed by atoms with Gasteiger partial charge in [-0.1, -0.05) is 6.07 Å². The number of nitrogens with zero attached hydrogens (tertiary/aromatic N) is 2. The van der Waals surface area contributed by atoms with Gasteiger partial charge in [0.25, 0.3) is 11.9 Å². The lowest BCUT2D eigenvalue weighted by Gasteiger charge is -2.54. The van der Waals surface area contributed by atoms with Gasteiger partial charge < -0.3 is 20.2 Å². The first-order valence-electron chi connectivity index (χ1n) is 9.35. The zero-order chi connectivity index (χ0) is 21.0. The third-order valence-corrected chi connectivity index (χ3v) is 5.85. The molecule has 1 amide bonds. The molecule has 0 radical (unpaired) electrons. The van der Waals surface area contributed by atoms with Crippen LogP contribution in [0, 0.1) is 13.8 Å². The highest BCUT2D eigenvalue weighted by atomic mass is 19.3. The van der Waals surface area contributed by atoms with Gasteiger partial charge in [0.15, 0.2) is 22.7 Å². The number of rotatable bonds is 3. The van der Waals surface area contributed by atoms with Crippen LogP contribution in [0.4, 0.5) is 14.5 Å². The molecule has 154 valence electrons. The van der Waals surface area contributed by atoms with Crippen LogP contribution < -0.4 is 11.1 Å². The normalized spacial score (nSPS) is 24.4. The summed E-state index contributed by atoms with van der Waals surface area (Å²) in [5.74, 6) is -3.43. The Bertz CT molecular complexity index is 1010. The predicted molar refractivity (Wildman–Crippen MR) is 102 cm³/mol. The molecule has 1 unspecified atom stereocenters. The highest BCUT2D eigenvalue weighted by Crippen LogP contribution is 2.58. The number of aliphatic imine (C=N–C) groups is 1. The second-order valence-corrected chi connectivity index (χ2v) is 7.78. The van der Waals surface area contributed by atoms with Crippen LogP contribution in [-0.4, -0.2) is 28.4 Å². The van der Waals surface area contributed by atoms with Crippen LogP contribution in [0.15, 0.2) is 33.9 Å². The highest BCUT2D eigenvalue weighted by Gasteiger charge is 2.71. The standard InChI is InChI=1S/C20H22F2N4O3/c1-11-5-6-13(25-16(27)15-10-28-12(2)24-15)9-14(11)18(3)20(21,22)19(7-4-8-19)29-17(23)26-18/h5-6,9-10H,4,7-8H2,1-3H3,(H2,23,26)(H,25,27). The Balaban J connectivity index is 1.73. The number of anilines is 1. The highest BCUT2D eigenvalue weighted by molar-refractivity contribution is 6.02. The van der Waals surface area contributed by atoms with Crippen LogP contribution in [0.1, 0.15) is 53.7 Å². The zero-order valence-electron chi connectivity index (χ0n) is 16.4. The molecule has 1 aromatic carbocycles. The molecule has 9 heteroatoms. The van der Waals surface area contributed by atoms with Crippen molar-refractivity contribution in [3.8, 4) is 0 Å². The van der Waals surface area contributed by atoms with E-state index in [0.717, 1.165) is 0 Å². The van der Waals surface area contributed by atoms with Crippen molar-refractivity contribution in [3.63, 3.8) is 0 Å². The number of carbonyl (C=O) groups excluding carboxylic acids is 1. The van der Waals surface area contributed by atoms with Crippen molar-refractivity contribution in [2.24, 2.45) is 10.7 Å². The number of nitrogens with one attached hydrogen (secondary N) is 1. The molecule has 0 bridgehead atoms. The molecule has 1 fully saturated rings. The van der Waals surface area contributed by atoms with Crippen LogP contribution >= 0.6 is 0 Å². The van der Waals surface area contributed by atoms with E-state index in [0.29, 0.717) is 23.6 Å². The smallest absolute Gasteiger partial charge is 0.315 e. The number of oxazole rings is 1. The Morgan fingerprint density at radius 2 is 2.00 bits per heavy atom. The molecular weight excluding hydrogens is 382 g/mol. The van der Waals surface area contributed by atoms with Crippen LogP contribution in [0.3, 0.4) is 0 Å². The lowest BCUT2D eigenvalue weighted by atomic mass is 9.66. The second kappa shape index (κ2) is 6.27. The third-order valence-electron chi connectivity index (χ3n) is 5.85. The van der Waals surface area contributed by atoms with E-state index in [9.17, 15) is 4.79 Å². The van der Waals surface area contributed by atoms with Gasteiger partial charge in [0.05, 0.1) is 0 Å². The zero-order valence-corrected chi connectivity index (χ0v) is 16.4. The molecule has 4 rings (SSSR count). The van der Waals surface area contributed by atoms with Crippen molar-refractivity contribution >= 4 is 17.6 Å². The van der Waals surface area contributed by atoms with Crippen molar-refractivity contribution in [1.29, 1.82) is 0 Å². The summed E-state index contributed by atoms with van der Waals surface area (Å²) < 4.78 is 41.7. The van der Waals surface area contributed by atoms with Crippen molar-refractivity contribution in [3.05, 3.63) is 47.2 Å². The molecule has 3 N–H and O–H groups in total. The molecule has 1 spiro atoms. The molecule has 1 aromatic heterocycles. The van der Waals surface area contributed by atoms with Gasteiger partial charge in [-0.05, 0) is 56.4 Å². The number of amidine groups is 1. The number of nitrogens with two attached hydrogens (primary N) is 1. The van der Waals surface area contributed by atoms with Gasteiger partial charge in [-0.15, -0.1) is 0 Å². The molecule has 7 nitrogen and oxygen atoms in total. The summed E-state index contributed by atoms with van der Waals surface area (Å²) in [6.07, 6.45) is 2.31. The maximum absolute atomic E-state index is 15.7. The largest absolute Gasteiger partial charge is 0.452 e. The first-order chi connectivity index (χ1) is 13.6. The van der Waals surface area contributed by atoms with Gasteiger partial charge in [-0.25, -0.2) is 9.98 Å². The maximum atomic E-state index is 15.7. The summed E-state index contributed by atoms with van der Waals surface area (Å²) in [5.41, 5.74) is 3.56. The summed E-state index contributed by atoms with van der Waals surface area (Å²) in [6, 6.07) is 4.55. The average Bonchev–Trinajstić information content (AvgIpc) is 3.05. The summed E-state index contributed by atoms with van der Waals surface area (Å²) >= 11 is 0. The fraction of sp³-hybridized carbons (Fsp3) is 0.450. The van der Waals surface area contributed by atoms with Gasteiger partial charge in [0.1, 0.15) is 6.26 Å². The Labute approximate surface area is 166 Å². The minimum atomic E-state index is -3.28. The van der Waals surface area contributed by atoms with E-state index in [1.54, 1.807) is 26.0 Å². The van der Waals surface area contributed by atoms with E-state index in [4.69, 9.17) is 14.9 Å². The fourth-order valence-electron chi connectivity index (χ4n) is 4.05. The molecule has 2 aliphatic rings. The van der Waals surface area contributed by atoms with Crippen molar-refractivity contribution in [1.82, 2.24) is 4.98 Å². The lowest BCUT2D eigenvalue weighted by Crippen LogP contribution is -2.67. The average molecular weight is 404 g/mol. The number of carbonyl (C=O) groups is 1. The monoisotopic (exact) mass is 404 g/mol. The van der Waals surface area contributed by atoms with Crippen molar-refractivity contribution in [2.45, 2.75) is 57.1 Å². The Morgan fingerprint density at radius 3 is 2.59 bits per heavy atom. The first kappa shape index (κ1) is 19.4. The van der Waals surface area contributed by atoms with E-state index in [1.165, 1.54) is 19.3 Å². The SMILES string of the molecule is Cc1nc(C(=O)Nc2ccc(C)c(C3(C)N=C(N)OC4(CCC4)C3(F)F)c2)co1. The van der Waals surface area contributed by atoms with E-state index in [1.807, 2.05) is 0 Å². The molecule has 2 aromatic rings. The number of halogens is 2. The van der Waals surface area contributed by atoms with Gasteiger partial charge in [-0.2, -0.15) is 8.78 Å². The Morgan fingerprint density at radius 1 is 1.28 bits per heavy atom. The number of hydrogen-bond donors (Lipinski definition) is 2. The fourth-order valence-corrected chi connectivity index (χ4v) is 4.05. The van der Waals surface area contributed by atoms with Gasteiger partial charge >= 0.3 is 5.92 Å². The molecule has 1 saturated carbocycles. The number of aromatic nitrogens is 1. The minimum absolute atomic E-state index is 0.0999. The topological polar surface area (TPSA) is 103 Å². The van der Waals surface area contributed by atoms with Gasteiger partial charge in [0, 0.05) is 12.6 Å². The van der Waals surface area contributed by atoms with E-state index >= 15 is 8.78 Å². The second-order valence-electron chi connectivity index (χ2n) is 7.78. The number of amides is 1. The van der Waals surface area contributed by atoms with Crippen LogP contribution in [0.5, 0.6) is 0 Å². The molecular formula is C20H22F2N4O3. The Hall–Kier alpha value is -2.97. The lowest BCUT2D eigenvalue weighted by molar-refractivity contribution is -0.252. The molecule has 1 aliphatic heterocycles. The summed E-state index contributed by atoms with van der Waals surface area (Å²) in [6.45, 7) is 4.70. The molecule has 2 heterocycles. The molecule has 1 aliphatic carbocycles. The summed E-state index contributed by atoms with van der Waals surface area (Å²) in [7, 11) is 0. The first-order valence-corrected chi connectivity index (χ1v) is 9.35. The quantitative estimate of drug-likeness (QED) is 0.813. The molecule has 0 saturated heterocycles. The number of ether oxygens (including phenoxy) is 1. The van der Waals surface area contributed by atoms with Gasteiger partial charge in [0.2, 0.25) is 0 Å². The number of benzene rings is 1. The summed E-state index contributed by atoms with van der Waals surface area (Å²) in [5, 5.41) is 2.67. The van der Waals surface area contributed by atoms with E-state index in [-0.39, 0.29) is 30.1 Å². The minimum Gasteiger partial charge on any atom is -0.452 e. The molecule has 29 heavy (non-hydrogen) atoms. The van der Waals surface area contributed by atoms with Gasteiger partial charge in [-0.3, -0.25) is 4.79 Å². The van der Waals surface area contributed by atoms with Crippen LogP contribution in [-0.2, 0) is 10.3 Å². The molecule has 1 atom stereocenters. The maximum Gasteiger partial charge on any atom is 0.315 e. The number of hydrogen-bond acceptors (Lipinski definition) is 6. The number of alkyl halides is 2. The third kappa shape index (κ3) is 2.79.